The van der Waals surface area contributed by atoms with Crippen LogP contribution in [0.2, 0.25) is 0 Å². The van der Waals surface area contributed by atoms with Gasteiger partial charge in [0.25, 0.3) is 5.56 Å². The molecule has 0 spiro atoms. The molecule has 0 amide bonds. The molecule has 1 aliphatic heterocycles. The van der Waals surface area contributed by atoms with E-state index >= 15 is 0 Å². The number of fused-ring (bicyclic) bond motifs is 1. The van der Waals surface area contributed by atoms with E-state index in [1.165, 1.54) is 28.2 Å². The van der Waals surface area contributed by atoms with Gasteiger partial charge in [-0.05, 0) is 18.9 Å². The van der Waals surface area contributed by atoms with Crippen molar-refractivity contribution in [1.82, 2.24) is 18.8 Å². The Labute approximate surface area is 132 Å². The highest BCUT2D eigenvalue weighted by Gasteiger charge is 2.26. The zero-order valence-corrected chi connectivity index (χ0v) is 13.6. The molecule has 2 aromatic rings. The van der Waals surface area contributed by atoms with Gasteiger partial charge in [0.15, 0.2) is 0 Å². The molecular weight excluding hydrogens is 320 g/mol. The third-order valence-electron chi connectivity index (χ3n) is 4.13. The van der Waals surface area contributed by atoms with E-state index in [9.17, 15) is 18.0 Å². The Hall–Kier alpha value is -2.00. The van der Waals surface area contributed by atoms with Crippen molar-refractivity contribution in [3.8, 4) is 0 Å². The zero-order chi connectivity index (χ0) is 16.6. The quantitative estimate of drug-likeness (QED) is 0.841. The molecule has 9 heteroatoms. The largest absolute Gasteiger partial charge is 0.329 e. The van der Waals surface area contributed by atoms with E-state index in [4.69, 9.17) is 0 Å². The lowest BCUT2D eigenvalue weighted by molar-refractivity contribution is 0.423. The van der Waals surface area contributed by atoms with Crippen LogP contribution < -0.4 is 11.2 Å². The van der Waals surface area contributed by atoms with Gasteiger partial charge in [0, 0.05) is 26.3 Å². The maximum absolute atomic E-state index is 12.8. The Kier molecular flexibility index (Phi) is 4.07. The van der Waals surface area contributed by atoms with Crippen LogP contribution in [-0.2, 0) is 17.1 Å². The first-order valence-corrected chi connectivity index (χ1v) is 8.94. The summed E-state index contributed by atoms with van der Waals surface area (Å²) in [5.74, 6) is 0. The van der Waals surface area contributed by atoms with Crippen molar-refractivity contribution < 1.29 is 8.42 Å². The molecule has 1 saturated heterocycles. The van der Waals surface area contributed by atoms with Crippen molar-refractivity contribution in [1.29, 1.82) is 0 Å². The fourth-order valence-electron chi connectivity index (χ4n) is 2.79. The predicted molar refractivity (Wildman–Crippen MR) is 84.8 cm³/mol. The summed E-state index contributed by atoms with van der Waals surface area (Å²) >= 11 is 0. The molecule has 0 aromatic carbocycles. The maximum atomic E-state index is 12.8. The first-order valence-electron chi connectivity index (χ1n) is 7.50. The number of rotatable bonds is 2. The Morgan fingerprint density at radius 3 is 2.43 bits per heavy atom. The first-order chi connectivity index (χ1) is 10.9. The lowest BCUT2D eigenvalue weighted by atomic mass is 10.2. The molecule has 2 aromatic heterocycles. The van der Waals surface area contributed by atoms with Crippen LogP contribution in [0.15, 0.2) is 26.7 Å². The molecule has 0 atom stereocenters. The minimum absolute atomic E-state index is 0.0175. The maximum Gasteiger partial charge on any atom is 0.329 e. The first kappa shape index (κ1) is 15.9. The summed E-state index contributed by atoms with van der Waals surface area (Å²) in [5, 5.41) is 0.0861. The number of nitrogens with one attached hydrogen (secondary N) is 1. The molecule has 8 nitrogen and oxygen atoms in total. The average Bonchev–Trinajstić information content (AvgIpc) is 2.82. The van der Waals surface area contributed by atoms with Crippen LogP contribution in [0.3, 0.4) is 0 Å². The molecule has 0 bridgehead atoms. The van der Waals surface area contributed by atoms with Crippen LogP contribution in [0, 0.1) is 0 Å². The van der Waals surface area contributed by atoms with E-state index in [2.05, 4.69) is 9.97 Å². The molecule has 0 saturated carbocycles. The van der Waals surface area contributed by atoms with E-state index in [-0.39, 0.29) is 15.9 Å². The number of hydrogen-bond acceptors (Lipinski definition) is 5. The van der Waals surface area contributed by atoms with Crippen LogP contribution in [0.4, 0.5) is 0 Å². The van der Waals surface area contributed by atoms with Gasteiger partial charge in [-0.2, -0.15) is 4.31 Å². The van der Waals surface area contributed by atoms with Crippen LogP contribution in [0.1, 0.15) is 25.7 Å². The third-order valence-corrected chi connectivity index (χ3v) is 6.00. The van der Waals surface area contributed by atoms with Crippen LogP contribution in [-0.4, -0.2) is 40.3 Å². The zero-order valence-electron chi connectivity index (χ0n) is 12.8. The van der Waals surface area contributed by atoms with E-state index in [1.54, 1.807) is 0 Å². The van der Waals surface area contributed by atoms with Crippen LogP contribution in [0.5, 0.6) is 0 Å². The van der Waals surface area contributed by atoms with E-state index in [1.807, 2.05) is 0 Å². The van der Waals surface area contributed by atoms with Gasteiger partial charge in [0.05, 0.1) is 5.39 Å². The number of H-pyrrole nitrogens is 1. The highest BCUT2D eigenvalue weighted by Crippen LogP contribution is 2.21. The molecule has 0 aliphatic carbocycles. The molecule has 1 N–H and O–H groups in total. The smallest absolute Gasteiger partial charge is 0.281 e. The van der Waals surface area contributed by atoms with Crippen LogP contribution in [0.25, 0.3) is 11.0 Å². The molecule has 3 rings (SSSR count). The number of hydrogen-bond donors (Lipinski definition) is 1. The number of sulfonamides is 1. The summed E-state index contributed by atoms with van der Waals surface area (Å²) in [7, 11) is -2.22. The van der Waals surface area contributed by atoms with Gasteiger partial charge in [-0.1, -0.05) is 12.8 Å². The predicted octanol–water partition coefficient (Wildman–Crippen LogP) is 0.186. The van der Waals surface area contributed by atoms with Gasteiger partial charge < -0.3 is 0 Å². The van der Waals surface area contributed by atoms with Gasteiger partial charge >= 0.3 is 5.69 Å². The molecular formula is C14H18N4O4S. The molecule has 0 radical (unpaired) electrons. The summed E-state index contributed by atoms with van der Waals surface area (Å²) in [6.45, 7) is 0.952. The van der Waals surface area contributed by atoms with Crippen molar-refractivity contribution in [2.24, 2.45) is 7.05 Å². The normalized spacial score (nSPS) is 17.3. The molecule has 1 fully saturated rings. The van der Waals surface area contributed by atoms with Gasteiger partial charge in [0.2, 0.25) is 10.0 Å². The SMILES string of the molecule is Cn1c(=O)[nH]c(=O)c2cc(S(=O)(=O)N3CCCCCC3)cnc21. The van der Waals surface area contributed by atoms with Gasteiger partial charge in [-0.25, -0.2) is 18.2 Å². The van der Waals surface area contributed by atoms with Crippen molar-refractivity contribution in [3.63, 3.8) is 0 Å². The van der Waals surface area contributed by atoms with Gasteiger partial charge in [-0.3, -0.25) is 14.3 Å². The number of aromatic amines is 1. The molecule has 3 heterocycles. The summed E-state index contributed by atoms with van der Waals surface area (Å²) in [5.41, 5.74) is -1.06. The lowest BCUT2D eigenvalue weighted by Gasteiger charge is -2.19. The Morgan fingerprint density at radius 2 is 1.78 bits per heavy atom. The second-order valence-electron chi connectivity index (χ2n) is 5.68. The number of aryl methyl sites for hydroxylation is 1. The Morgan fingerprint density at radius 1 is 1.13 bits per heavy atom. The fourth-order valence-corrected chi connectivity index (χ4v) is 4.28. The summed E-state index contributed by atoms with van der Waals surface area (Å²) in [6, 6.07) is 1.29. The highest BCUT2D eigenvalue weighted by molar-refractivity contribution is 7.89. The molecule has 23 heavy (non-hydrogen) atoms. The standard InChI is InChI=1S/C14H18N4O4S/c1-17-12-11(13(19)16-14(17)20)8-10(9-15-12)23(21,22)18-6-4-2-3-5-7-18/h8-9H,2-7H2,1H3,(H,16,19,20). The van der Waals surface area contributed by atoms with Gasteiger partial charge in [-0.15, -0.1) is 0 Å². The van der Waals surface area contributed by atoms with Crippen molar-refractivity contribution in [3.05, 3.63) is 33.1 Å². The second-order valence-corrected chi connectivity index (χ2v) is 7.62. The highest BCUT2D eigenvalue weighted by atomic mass is 32.2. The molecule has 0 unspecified atom stereocenters. The van der Waals surface area contributed by atoms with E-state index < -0.39 is 21.3 Å². The fraction of sp³-hybridized carbons (Fsp3) is 0.500. The minimum atomic E-state index is -3.69. The summed E-state index contributed by atoms with van der Waals surface area (Å²) in [6.07, 6.45) is 4.90. The number of aromatic nitrogens is 3. The minimum Gasteiger partial charge on any atom is -0.281 e. The van der Waals surface area contributed by atoms with Crippen LogP contribution >= 0.6 is 0 Å². The Bertz CT molecular complexity index is 953. The number of nitrogens with zero attached hydrogens (tertiary/aromatic N) is 3. The van der Waals surface area contributed by atoms with Crippen molar-refractivity contribution >= 4 is 21.1 Å². The monoisotopic (exact) mass is 338 g/mol. The molecule has 124 valence electrons. The second kappa shape index (κ2) is 5.89. The van der Waals surface area contributed by atoms with Crippen molar-refractivity contribution in [2.75, 3.05) is 13.1 Å². The molecule has 1 aliphatic rings. The summed E-state index contributed by atoms with van der Waals surface area (Å²) in [4.78, 5) is 29.7. The van der Waals surface area contributed by atoms with Gasteiger partial charge in [0.1, 0.15) is 10.5 Å². The van der Waals surface area contributed by atoms with E-state index in [0.29, 0.717) is 13.1 Å². The third kappa shape index (κ3) is 2.81. The summed E-state index contributed by atoms with van der Waals surface area (Å²) < 4.78 is 28.1. The Balaban J connectivity index is 2.13. The average molecular weight is 338 g/mol. The van der Waals surface area contributed by atoms with E-state index in [0.717, 1.165) is 25.7 Å². The lowest BCUT2D eigenvalue weighted by Crippen LogP contribution is -2.33. The topological polar surface area (TPSA) is 105 Å². The van der Waals surface area contributed by atoms with Crippen molar-refractivity contribution in [2.45, 2.75) is 30.6 Å². The number of pyridine rings is 1.